The Morgan fingerprint density at radius 3 is 2.73 bits per heavy atom. The fourth-order valence-corrected chi connectivity index (χ4v) is 2.25. The number of anilines is 1. The third-order valence-electron chi connectivity index (χ3n) is 3.20. The molecule has 4 nitrogen and oxygen atoms in total. The summed E-state index contributed by atoms with van der Waals surface area (Å²) in [5.41, 5.74) is 2.22. The molecule has 0 aliphatic rings. The fraction of sp³-hybridized carbons (Fsp3) is 0.235. The van der Waals surface area contributed by atoms with Crippen LogP contribution in [0.5, 0.6) is 5.75 Å². The lowest BCUT2D eigenvalue weighted by molar-refractivity contribution is -0.118. The molecule has 0 radical (unpaired) electrons. The third-order valence-corrected chi connectivity index (χ3v) is 3.51. The summed E-state index contributed by atoms with van der Waals surface area (Å²) in [4.78, 5) is 12.0. The van der Waals surface area contributed by atoms with Crippen LogP contribution in [0.15, 0.2) is 42.5 Å². The zero-order chi connectivity index (χ0) is 16.1. The monoisotopic (exact) mass is 319 g/mol. The maximum absolute atomic E-state index is 12.0. The van der Waals surface area contributed by atoms with Crippen LogP contribution in [-0.2, 0) is 4.79 Å². The number of aliphatic hydroxyl groups is 1. The van der Waals surface area contributed by atoms with Crippen LogP contribution in [0.25, 0.3) is 0 Å². The molecule has 2 rings (SSSR count). The number of hydrogen-bond acceptors (Lipinski definition) is 3. The van der Waals surface area contributed by atoms with Crippen molar-refractivity contribution in [2.24, 2.45) is 0 Å². The molecule has 0 aliphatic carbocycles. The Kier molecular flexibility index (Phi) is 5.41. The summed E-state index contributed by atoms with van der Waals surface area (Å²) in [7, 11) is 0. The number of hydrogen-bond donors (Lipinski definition) is 2. The first kappa shape index (κ1) is 16.3. The minimum Gasteiger partial charge on any atom is -0.484 e. The minimum absolute atomic E-state index is 0.131. The van der Waals surface area contributed by atoms with Gasteiger partial charge in [-0.25, -0.2) is 0 Å². The second-order valence-corrected chi connectivity index (χ2v) is 5.42. The SMILES string of the molecule is Cc1cccc(Cl)c1NC(=O)COc1cccc(C(C)O)c1. The molecule has 0 aromatic heterocycles. The summed E-state index contributed by atoms with van der Waals surface area (Å²) in [5.74, 6) is 0.239. The number of benzene rings is 2. The predicted octanol–water partition coefficient (Wildman–Crippen LogP) is 3.72. The van der Waals surface area contributed by atoms with Gasteiger partial charge in [-0.15, -0.1) is 0 Å². The topological polar surface area (TPSA) is 58.6 Å². The normalized spacial score (nSPS) is 11.8. The van der Waals surface area contributed by atoms with Gasteiger partial charge in [0, 0.05) is 0 Å². The molecule has 5 heteroatoms. The lowest BCUT2D eigenvalue weighted by atomic mass is 10.1. The zero-order valence-corrected chi connectivity index (χ0v) is 13.2. The number of halogens is 1. The van der Waals surface area contributed by atoms with Gasteiger partial charge < -0.3 is 15.2 Å². The van der Waals surface area contributed by atoms with E-state index in [4.69, 9.17) is 16.3 Å². The van der Waals surface area contributed by atoms with Crippen LogP contribution in [0.1, 0.15) is 24.2 Å². The van der Waals surface area contributed by atoms with E-state index < -0.39 is 6.10 Å². The molecule has 0 saturated carbocycles. The van der Waals surface area contributed by atoms with E-state index >= 15 is 0 Å². The molecule has 0 saturated heterocycles. The molecular weight excluding hydrogens is 302 g/mol. The minimum atomic E-state index is -0.580. The van der Waals surface area contributed by atoms with Crippen molar-refractivity contribution in [2.75, 3.05) is 11.9 Å². The van der Waals surface area contributed by atoms with Gasteiger partial charge in [0.1, 0.15) is 5.75 Å². The van der Waals surface area contributed by atoms with Crippen LogP contribution in [0, 0.1) is 6.92 Å². The number of para-hydroxylation sites is 1. The highest BCUT2D eigenvalue weighted by Crippen LogP contribution is 2.25. The Hall–Kier alpha value is -2.04. The van der Waals surface area contributed by atoms with E-state index in [2.05, 4.69) is 5.32 Å². The first-order valence-electron chi connectivity index (χ1n) is 6.93. The smallest absolute Gasteiger partial charge is 0.262 e. The maximum atomic E-state index is 12.0. The van der Waals surface area contributed by atoms with Gasteiger partial charge in [0.2, 0.25) is 0 Å². The van der Waals surface area contributed by atoms with E-state index in [1.165, 1.54) is 0 Å². The number of carbonyl (C=O) groups excluding carboxylic acids is 1. The van der Waals surface area contributed by atoms with Crippen molar-refractivity contribution in [2.45, 2.75) is 20.0 Å². The second kappa shape index (κ2) is 7.29. The van der Waals surface area contributed by atoms with Crippen LogP contribution >= 0.6 is 11.6 Å². The van der Waals surface area contributed by atoms with Gasteiger partial charge in [-0.2, -0.15) is 0 Å². The van der Waals surface area contributed by atoms with Crippen LogP contribution in [0.3, 0.4) is 0 Å². The largest absolute Gasteiger partial charge is 0.484 e. The highest BCUT2D eigenvalue weighted by molar-refractivity contribution is 6.33. The van der Waals surface area contributed by atoms with Gasteiger partial charge in [0.15, 0.2) is 6.61 Å². The number of aryl methyl sites for hydroxylation is 1. The van der Waals surface area contributed by atoms with E-state index in [0.717, 1.165) is 11.1 Å². The van der Waals surface area contributed by atoms with Crippen LogP contribution in [-0.4, -0.2) is 17.6 Å². The van der Waals surface area contributed by atoms with Crippen molar-refractivity contribution in [1.29, 1.82) is 0 Å². The second-order valence-electron chi connectivity index (χ2n) is 5.02. The van der Waals surface area contributed by atoms with Gasteiger partial charge >= 0.3 is 0 Å². The molecule has 0 bridgehead atoms. The fourth-order valence-electron chi connectivity index (χ4n) is 1.98. The van der Waals surface area contributed by atoms with Gasteiger partial charge in [0.25, 0.3) is 5.91 Å². The summed E-state index contributed by atoms with van der Waals surface area (Å²) >= 11 is 6.06. The zero-order valence-electron chi connectivity index (χ0n) is 12.5. The Morgan fingerprint density at radius 1 is 1.32 bits per heavy atom. The van der Waals surface area contributed by atoms with E-state index in [-0.39, 0.29) is 12.5 Å². The van der Waals surface area contributed by atoms with Crippen molar-refractivity contribution >= 4 is 23.2 Å². The first-order chi connectivity index (χ1) is 10.5. The Morgan fingerprint density at radius 2 is 2.05 bits per heavy atom. The molecule has 0 heterocycles. The van der Waals surface area contributed by atoms with Gasteiger partial charge in [0.05, 0.1) is 16.8 Å². The Bertz CT molecular complexity index is 650. The molecule has 0 spiro atoms. The number of carbonyl (C=O) groups is 1. The number of ether oxygens (including phenoxy) is 1. The summed E-state index contributed by atoms with van der Waals surface area (Å²) in [6.45, 7) is 3.41. The quantitative estimate of drug-likeness (QED) is 0.883. The highest BCUT2D eigenvalue weighted by atomic mass is 35.5. The van der Waals surface area contributed by atoms with Crippen molar-refractivity contribution in [3.05, 3.63) is 58.6 Å². The van der Waals surface area contributed by atoms with E-state index in [1.807, 2.05) is 19.1 Å². The summed E-state index contributed by atoms with van der Waals surface area (Å²) in [6.07, 6.45) is -0.580. The molecule has 0 aliphatic heterocycles. The molecule has 1 atom stereocenters. The van der Waals surface area contributed by atoms with E-state index in [0.29, 0.717) is 16.5 Å². The van der Waals surface area contributed by atoms with Crippen molar-refractivity contribution in [1.82, 2.24) is 0 Å². The van der Waals surface area contributed by atoms with E-state index in [9.17, 15) is 9.90 Å². The molecule has 0 fully saturated rings. The standard InChI is InChI=1S/C17H18ClNO3/c1-11-5-3-8-15(18)17(11)19-16(21)10-22-14-7-4-6-13(9-14)12(2)20/h3-9,12,20H,10H2,1-2H3,(H,19,21). The molecule has 2 aromatic rings. The van der Waals surface area contributed by atoms with Crippen molar-refractivity contribution in [3.8, 4) is 5.75 Å². The van der Waals surface area contributed by atoms with Crippen LogP contribution in [0.2, 0.25) is 5.02 Å². The van der Waals surface area contributed by atoms with Gasteiger partial charge in [-0.1, -0.05) is 35.9 Å². The Labute approximate surface area is 134 Å². The van der Waals surface area contributed by atoms with Crippen LogP contribution < -0.4 is 10.1 Å². The summed E-state index contributed by atoms with van der Waals surface area (Å²) in [5, 5.41) is 12.8. The van der Waals surface area contributed by atoms with Crippen molar-refractivity contribution in [3.63, 3.8) is 0 Å². The average Bonchev–Trinajstić information content (AvgIpc) is 2.49. The predicted molar refractivity (Wildman–Crippen MR) is 87.4 cm³/mol. The van der Waals surface area contributed by atoms with Crippen LogP contribution in [0.4, 0.5) is 5.69 Å². The molecular formula is C17H18ClNO3. The molecule has 1 amide bonds. The third kappa shape index (κ3) is 4.23. The number of amides is 1. The summed E-state index contributed by atoms with van der Waals surface area (Å²) in [6, 6.07) is 12.4. The molecule has 1 unspecified atom stereocenters. The number of aliphatic hydroxyl groups excluding tert-OH is 1. The van der Waals surface area contributed by atoms with Gasteiger partial charge in [-0.3, -0.25) is 4.79 Å². The maximum Gasteiger partial charge on any atom is 0.262 e. The Balaban J connectivity index is 1.97. The lowest BCUT2D eigenvalue weighted by Gasteiger charge is -2.12. The number of rotatable bonds is 5. The number of nitrogens with one attached hydrogen (secondary N) is 1. The highest BCUT2D eigenvalue weighted by Gasteiger charge is 2.09. The average molecular weight is 320 g/mol. The van der Waals surface area contributed by atoms with Gasteiger partial charge in [-0.05, 0) is 43.2 Å². The van der Waals surface area contributed by atoms with Crippen molar-refractivity contribution < 1.29 is 14.6 Å². The molecule has 2 aromatic carbocycles. The van der Waals surface area contributed by atoms with E-state index in [1.54, 1.807) is 37.3 Å². The molecule has 2 N–H and O–H groups in total. The molecule has 22 heavy (non-hydrogen) atoms. The molecule has 116 valence electrons. The first-order valence-corrected chi connectivity index (χ1v) is 7.31. The lowest BCUT2D eigenvalue weighted by Crippen LogP contribution is -2.21. The summed E-state index contributed by atoms with van der Waals surface area (Å²) < 4.78 is 5.44.